The molecule has 13 heavy (non-hydrogen) atoms. The highest BCUT2D eigenvalue weighted by atomic mass is 35.5. The van der Waals surface area contributed by atoms with Crippen LogP contribution in [0.1, 0.15) is 6.42 Å². The van der Waals surface area contributed by atoms with Gasteiger partial charge in [-0.15, -0.1) is 0 Å². The monoisotopic (exact) mass is 197 g/mol. The number of ether oxygens (including phenoxy) is 1. The lowest BCUT2D eigenvalue weighted by atomic mass is 10.1. The van der Waals surface area contributed by atoms with Crippen molar-refractivity contribution in [2.45, 2.75) is 12.5 Å². The number of halogens is 1. The number of para-hydroxylation sites is 1. The van der Waals surface area contributed by atoms with Gasteiger partial charge >= 0.3 is 0 Å². The van der Waals surface area contributed by atoms with Crippen LogP contribution in [0, 0.1) is 0 Å². The first kappa shape index (κ1) is 8.85. The molecule has 1 heterocycles. The SMILES string of the molecule is Clc1ccccc1OCC1CCN1. The minimum absolute atomic E-state index is 0.510. The van der Waals surface area contributed by atoms with Gasteiger partial charge in [0, 0.05) is 6.04 Å². The Balaban J connectivity index is 1.89. The van der Waals surface area contributed by atoms with Gasteiger partial charge in [-0.1, -0.05) is 23.7 Å². The lowest BCUT2D eigenvalue weighted by Gasteiger charge is -2.27. The fourth-order valence-electron chi connectivity index (χ4n) is 1.24. The summed E-state index contributed by atoms with van der Waals surface area (Å²) >= 11 is 5.92. The van der Waals surface area contributed by atoms with Gasteiger partial charge < -0.3 is 10.1 Å². The largest absolute Gasteiger partial charge is 0.490 e. The van der Waals surface area contributed by atoms with Crippen LogP contribution in [0.25, 0.3) is 0 Å². The van der Waals surface area contributed by atoms with E-state index in [1.54, 1.807) is 0 Å². The van der Waals surface area contributed by atoms with E-state index >= 15 is 0 Å². The highest BCUT2D eigenvalue weighted by Crippen LogP contribution is 2.23. The Bertz CT molecular complexity index is 286. The summed E-state index contributed by atoms with van der Waals surface area (Å²) in [5, 5.41) is 3.95. The molecule has 1 unspecified atom stereocenters. The second-order valence-corrected chi connectivity index (χ2v) is 3.59. The molecule has 0 spiro atoms. The van der Waals surface area contributed by atoms with E-state index in [1.165, 1.54) is 6.42 Å². The van der Waals surface area contributed by atoms with Crippen molar-refractivity contribution >= 4 is 11.6 Å². The molecule has 2 nitrogen and oxygen atoms in total. The first-order valence-electron chi connectivity index (χ1n) is 4.47. The maximum absolute atomic E-state index is 5.92. The summed E-state index contributed by atoms with van der Waals surface area (Å²) in [5.41, 5.74) is 0. The Morgan fingerprint density at radius 1 is 1.46 bits per heavy atom. The van der Waals surface area contributed by atoms with Gasteiger partial charge in [0.2, 0.25) is 0 Å². The predicted molar refractivity (Wildman–Crippen MR) is 53.4 cm³/mol. The molecule has 3 heteroatoms. The highest BCUT2D eigenvalue weighted by molar-refractivity contribution is 6.32. The fraction of sp³-hybridized carbons (Fsp3) is 0.400. The summed E-state index contributed by atoms with van der Waals surface area (Å²) in [4.78, 5) is 0. The highest BCUT2D eigenvalue weighted by Gasteiger charge is 2.16. The van der Waals surface area contributed by atoms with Crippen molar-refractivity contribution in [3.63, 3.8) is 0 Å². The topological polar surface area (TPSA) is 21.3 Å². The molecule has 0 radical (unpaired) electrons. The van der Waals surface area contributed by atoms with Gasteiger partial charge in [0.05, 0.1) is 5.02 Å². The summed E-state index contributed by atoms with van der Waals surface area (Å²) in [6, 6.07) is 8.06. The van der Waals surface area contributed by atoms with Crippen LogP contribution in [-0.2, 0) is 0 Å². The second-order valence-electron chi connectivity index (χ2n) is 3.18. The Morgan fingerprint density at radius 2 is 2.23 bits per heavy atom. The zero-order chi connectivity index (χ0) is 9.10. The van der Waals surface area contributed by atoms with Crippen molar-refractivity contribution in [3.05, 3.63) is 29.3 Å². The lowest BCUT2D eigenvalue weighted by Crippen LogP contribution is -2.46. The smallest absolute Gasteiger partial charge is 0.137 e. The van der Waals surface area contributed by atoms with E-state index in [0.29, 0.717) is 17.7 Å². The van der Waals surface area contributed by atoms with Gasteiger partial charge in [-0.05, 0) is 25.1 Å². The second kappa shape index (κ2) is 3.99. The van der Waals surface area contributed by atoms with E-state index in [4.69, 9.17) is 16.3 Å². The van der Waals surface area contributed by atoms with Crippen LogP contribution in [-0.4, -0.2) is 19.2 Å². The van der Waals surface area contributed by atoms with E-state index in [1.807, 2.05) is 24.3 Å². The first-order chi connectivity index (χ1) is 6.36. The molecule has 1 aliphatic heterocycles. The maximum Gasteiger partial charge on any atom is 0.137 e. The molecule has 1 aliphatic rings. The molecule has 1 saturated heterocycles. The van der Waals surface area contributed by atoms with Gasteiger partial charge in [-0.2, -0.15) is 0 Å². The lowest BCUT2D eigenvalue weighted by molar-refractivity contribution is 0.217. The summed E-state index contributed by atoms with van der Waals surface area (Å²) in [5.74, 6) is 0.776. The number of hydrogen-bond acceptors (Lipinski definition) is 2. The Morgan fingerprint density at radius 3 is 2.85 bits per heavy atom. The molecule has 1 aromatic rings. The van der Waals surface area contributed by atoms with Crippen molar-refractivity contribution in [1.29, 1.82) is 0 Å². The van der Waals surface area contributed by atoms with Gasteiger partial charge in [0.15, 0.2) is 0 Å². The third kappa shape index (κ3) is 2.14. The summed E-state index contributed by atoms with van der Waals surface area (Å²) in [6.07, 6.45) is 1.20. The molecule has 0 bridgehead atoms. The number of nitrogens with one attached hydrogen (secondary N) is 1. The minimum atomic E-state index is 0.510. The molecular formula is C10H12ClNO. The van der Waals surface area contributed by atoms with E-state index in [9.17, 15) is 0 Å². The molecule has 1 fully saturated rings. The molecule has 0 saturated carbocycles. The first-order valence-corrected chi connectivity index (χ1v) is 4.85. The molecule has 0 aromatic heterocycles. The van der Waals surface area contributed by atoms with Crippen LogP contribution < -0.4 is 10.1 Å². The Hall–Kier alpha value is -0.730. The van der Waals surface area contributed by atoms with E-state index < -0.39 is 0 Å². The Labute approximate surface area is 82.9 Å². The molecular weight excluding hydrogens is 186 g/mol. The standard InChI is InChI=1S/C10H12ClNO/c11-9-3-1-2-4-10(9)13-7-8-5-6-12-8/h1-4,8,12H,5-7H2. The van der Waals surface area contributed by atoms with Crippen molar-refractivity contribution in [3.8, 4) is 5.75 Å². The van der Waals surface area contributed by atoms with Crippen LogP contribution in [0.15, 0.2) is 24.3 Å². The van der Waals surface area contributed by atoms with Crippen molar-refractivity contribution in [2.24, 2.45) is 0 Å². The predicted octanol–water partition coefficient (Wildman–Crippen LogP) is 2.08. The summed E-state index contributed by atoms with van der Waals surface area (Å²) < 4.78 is 5.55. The third-order valence-corrected chi connectivity index (χ3v) is 2.51. The van der Waals surface area contributed by atoms with Gasteiger partial charge in [-0.3, -0.25) is 0 Å². The maximum atomic E-state index is 5.92. The molecule has 1 atom stereocenters. The molecule has 2 rings (SSSR count). The minimum Gasteiger partial charge on any atom is -0.490 e. The molecule has 0 aliphatic carbocycles. The van der Waals surface area contributed by atoms with Crippen molar-refractivity contribution in [2.75, 3.05) is 13.2 Å². The summed E-state index contributed by atoms with van der Waals surface area (Å²) in [7, 11) is 0. The number of benzene rings is 1. The third-order valence-electron chi connectivity index (χ3n) is 2.20. The normalized spacial score (nSPS) is 20.8. The van der Waals surface area contributed by atoms with Crippen LogP contribution in [0.3, 0.4) is 0 Å². The number of hydrogen-bond donors (Lipinski definition) is 1. The molecule has 1 N–H and O–H groups in total. The average Bonchev–Trinajstić information content (AvgIpc) is 2.05. The Kier molecular flexibility index (Phi) is 2.71. The van der Waals surface area contributed by atoms with Crippen LogP contribution >= 0.6 is 11.6 Å². The van der Waals surface area contributed by atoms with Gasteiger partial charge in [-0.25, -0.2) is 0 Å². The van der Waals surface area contributed by atoms with Crippen LogP contribution in [0.5, 0.6) is 5.75 Å². The van der Waals surface area contributed by atoms with E-state index in [2.05, 4.69) is 5.32 Å². The zero-order valence-electron chi connectivity index (χ0n) is 7.29. The molecule has 70 valence electrons. The number of rotatable bonds is 3. The van der Waals surface area contributed by atoms with Crippen LogP contribution in [0.2, 0.25) is 5.02 Å². The summed E-state index contributed by atoms with van der Waals surface area (Å²) in [6.45, 7) is 1.82. The van der Waals surface area contributed by atoms with Gasteiger partial charge in [0.1, 0.15) is 12.4 Å². The van der Waals surface area contributed by atoms with Crippen LogP contribution in [0.4, 0.5) is 0 Å². The molecule has 0 amide bonds. The fourth-order valence-corrected chi connectivity index (χ4v) is 1.43. The van der Waals surface area contributed by atoms with E-state index in [0.717, 1.165) is 12.3 Å². The van der Waals surface area contributed by atoms with E-state index in [-0.39, 0.29) is 0 Å². The zero-order valence-corrected chi connectivity index (χ0v) is 8.05. The quantitative estimate of drug-likeness (QED) is 0.801. The molecule has 1 aromatic carbocycles. The van der Waals surface area contributed by atoms with Crippen molar-refractivity contribution < 1.29 is 4.74 Å². The van der Waals surface area contributed by atoms with Gasteiger partial charge in [0.25, 0.3) is 0 Å². The average molecular weight is 198 g/mol. The van der Waals surface area contributed by atoms with Crippen molar-refractivity contribution in [1.82, 2.24) is 5.32 Å².